The first-order valence-electron chi connectivity index (χ1n) is 9.89. The maximum Gasteiger partial charge on any atom is 0.242 e. The van der Waals surface area contributed by atoms with Crippen molar-refractivity contribution in [2.75, 3.05) is 30.4 Å². The maximum atomic E-state index is 13.3. The quantitative estimate of drug-likeness (QED) is 0.526. The van der Waals surface area contributed by atoms with Crippen molar-refractivity contribution in [2.45, 2.75) is 29.4 Å². The normalized spacial score (nSPS) is 14.5. The largest absolute Gasteiger partial charge is 0.495 e. The molecule has 0 aliphatic carbocycles. The summed E-state index contributed by atoms with van der Waals surface area (Å²) < 4.78 is 6.21. The van der Waals surface area contributed by atoms with E-state index in [9.17, 15) is 4.79 Å². The van der Waals surface area contributed by atoms with Crippen molar-refractivity contribution in [3.8, 4) is 5.75 Å². The molecular weight excluding hydrogens is 416 g/mol. The van der Waals surface area contributed by atoms with Crippen LogP contribution in [0.15, 0.2) is 52.9 Å². The van der Waals surface area contributed by atoms with Gasteiger partial charge >= 0.3 is 0 Å². The van der Waals surface area contributed by atoms with Gasteiger partial charge in [-0.3, -0.25) is 4.79 Å². The van der Waals surface area contributed by atoms with Crippen LogP contribution in [0.5, 0.6) is 5.75 Å². The second-order valence-electron chi connectivity index (χ2n) is 7.15. The van der Waals surface area contributed by atoms with Gasteiger partial charge in [0.05, 0.1) is 12.8 Å². The number of carbonyl (C=O) groups excluding carboxylic acids is 1. The molecule has 1 aromatic heterocycles. The van der Waals surface area contributed by atoms with E-state index in [0.29, 0.717) is 11.4 Å². The van der Waals surface area contributed by atoms with Crippen molar-refractivity contribution < 1.29 is 9.53 Å². The number of carbonyl (C=O) groups is 1. The first kappa shape index (κ1) is 20.7. The second kappa shape index (κ2) is 9.49. The van der Waals surface area contributed by atoms with Crippen molar-refractivity contribution in [3.05, 3.63) is 59.7 Å². The number of aromatic nitrogens is 2. The van der Waals surface area contributed by atoms with Crippen LogP contribution in [-0.2, 0) is 4.79 Å². The molecule has 0 spiro atoms. The summed E-state index contributed by atoms with van der Waals surface area (Å²) in [4.78, 5) is 15.6. The number of hydrogen-bond donors (Lipinski definition) is 1. The Balaban J connectivity index is 1.57. The van der Waals surface area contributed by atoms with Crippen molar-refractivity contribution in [3.63, 3.8) is 0 Å². The highest BCUT2D eigenvalue weighted by molar-refractivity contribution is 8.02. The smallest absolute Gasteiger partial charge is 0.242 e. The van der Waals surface area contributed by atoms with Crippen LogP contribution in [0.25, 0.3) is 0 Å². The van der Waals surface area contributed by atoms with Crippen molar-refractivity contribution in [1.29, 1.82) is 0 Å². The summed E-state index contributed by atoms with van der Waals surface area (Å²) in [5, 5.41) is 12.2. The van der Waals surface area contributed by atoms with Crippen LogP contribution in [0.4, 0.5) is 10.8 Å². The van der Waals surface area contributed by atoms with Gasteiger partial charge in [0.15, 0.2) is 4.34 Å². The highest BCUT2D eigenvalue weighted by Gasteiger charge is 2.26. The SMILES string of the molecule is COc1ccc(C)cc1NC(=O)C(Sc1nnc(N2CCCC2)s1)c1ccccc1. The van der Waals surface area contributed by atoms with E-state index in [1.807, 2.05) is 55.5 Å². The standard InChI is InChI=1S/C22H24N4O2S2/c1-15-10-11-18(28-2)17(14-15)23-20(27)19(16-8-4-3-5-9-16)29-22-25-24-21(30-22)26-12-6-7-13-26/h3-5,8-11,14,19H,6-7,12-13H2,1-2H3,(H,23,27). The highest BCUT2D eigenvalue weighted by atomic mass is 32.2. The van der Waals surface area contributed by atoms with E-state index >= 15 is 0 Å². The zero-order valence-corrected chi connectivity index (χ0v) is 18.6. The average molecular weight is 441 g/mol. The van der Waals surface area contributed by atoms with E-state index in [-0.39, 0.29) is 5.91 Å². The molecule has 8 heteroatoms. The molecule has 1 unspecified atom stereocenters. The predicted octanol–water partition coefficient (Wildman–Crippen LogP) is 4.93. The topological polar surface area (TPSA) is 67.3 Å². The number of nitrogens with one attached hydrogen (secondary N) is 1. The first-order valence-corrected chi connectivity index (χ1v) is 11.6. The van der Waals surface area contributed by atoms with Crippen molar-refractivity contribution in [2.24, 2.45) is 0 Å². The molecule has 4 rings (SSSR count). The number of ether oxygens (including phenoxy) is 1. The zero-order chi connectivity index (χ0) is 20.9. The summed E-state index contributed by atoms with van der Waals surface area (Å²) in [5.41, 5.74) is 2.64. The number of nitrogens with zero attached hydrogens (tertiary/aromatic N) is 3. The van der Waals surface area contributed by atoms with Gasteiger partial charge in [-0.05, 0) is 43.0 Å². The molecule has 30 heavy (non-hydrogen) atoms. The molecule has 6 nitrogen and oxygen atoms in total. The van der Waals surface area contributed by atoms with Crippen LogP contribution in [0, 0.1) is 6.92 Å². The monoisotopic (exact) mass is 440 g/mol. The van der Waals surface area contributed by atoms with Gasteiger partial charge in [0.25, 0.3) is 0 Å². The summed E-state index contributed by atoms with van der Waals surface area (Å²) in [6, 6.07) is 15.5. The molecule has 1 atom stereocenters. The van der Waals surface area contributed by atoms with Gasteiger partial charge in [-0.25, -0.2) is 0 Å². The lowest BCUT2D eigenvalue weighted by atomic mass is 10.1. The van der Waals surface area contributed by atoms with E-state index < -0.39 is 5.25 Å². The Kier molecular flexibility index (Phi) is 6.54. The number of benzene rings is 2. The molecule has 0 radical (unpaired) electrons. The summed E-state index contributed by atoms with van der Waals surface area (Å²) in [5.74, 6) is 0.519. The zero-order valence-electron chi connectivity index (χ0n) is 17.0. The Morgan fingerprint density at radius 3 is 2.67 bits per heavy atom. The highest BCUT2D eigenvalue weighted by Crippen LogP contribution is 2.40. The summed E-state index contributed by atoms with van der Waals surface area (Å²) in [6.45, 7) is 4.03. The lowest BCUT2D eigenvalue weighted by Gasteiger charge is -2.17. The number of amides is 1. The van der Waals surface area contributed by atoms with E-state index in [2.05, 4.69) is 20.4 Å². The Bertz CT molecular complexity index is 1000. The third kappa shape index (κ3) is 4.76. The Labute approximate surface area is 184 Å². The minimum atomic E-state index is -0.448. The fourth-order valence-electron chi connectivity index (χ4n) is 3.41. The van der Waals surface area contributed by atoms with Crippen LogP contribution in [0.3, 0.4) is 0 Å². The molecule has 3 aromatic rings. The molecule has 156 valence electrons. The minimum absolute atomic E-state index is 0.118. The molecule has 0 bridgehead atoms. The number of thioether (sulfide) groups is 1. The number of hydrogen-bond acceptors (Lipinski definition) is 7. The Morgan fingerprint density at radius 1 is 1.17 bits per heavy atom. The minimum Gasteiger partial charge on any atom is -0.495 e. The van der Waals surface area contributed by atoms with Crippen LogP contribution in [-0.4, -0.2) is 36.3 Å². The average Bonchev–Trinajstić information content (AvgIpc) is 3.45. The number of aryl methyl sites for hydroxylation is 1. The van der Waals surface area contributed by atoms with E-state index in [1.54, 1.807) is 18.4 Å². The van der Waals surface area contributed by atoms with Crippen LogP contribution < -0.4 is 15.0 Å². The third-order valence-corrected chi connectivity index (χ3v) is 7.27. The Hall–Kier alpha value is -2.58. The van der Waals surface area contributed by atoms with Crippen molar-refractivity contribution in [1.82, 2.24) is 10.2 Å². The Morgan fingerprint density at radius 2 is 1.93 bits per heavy atom. The fourth-order valence-corrected chi connectivity index (χ4v) is 5.49. The molecule has 0 saturated carbocycles. The van der Waals surface area contributed by atoms with Crippen LogP contribution in [0.2, 0.25) is 0 Å². The summed E-state index contributed by atoms with van der Waals surface area (Å²) >= 11 is 2.98. The molecule has 1 aliphatic heterocycles. The predicted molar refractivity (Wildman–Crippen MR) is 123 cm³/mol. The fraction of sp³-hybridized carbons (Fsp3) is 0.318. The first-order chi connectivity index (χ1) is 14.6. The molecule has 1 amide bonds. The van der Waals surface area contributed by atoms with Crippen molar-refractivity contribution >= 4 is 39.8 Å². The second-order valence-corrected chi connectivity index (χ2v) is 9.45. The molecule has 1 aliphatic rings. The van der Waals surface area contributed by atoms with E-state index in [0.717, 1.165) is 33.7 Å². The van der Waals surface area contributed by atoms with Gasteiger partial charge < -0.3 is 15.0 Å². The molecule has 1 saturated heterocycles. The summed E-state index contributed by atoms with van der Waals surface area (Å²) in [6.07, 6.45) is 2.38. The molecule has 1 fully saturated rings. The van der Waals surface area contributed by atoms with Gasteiger partial charge in [-0.15, -0.1) is 10.2 Å². The summed E-state index contributed by atoms with van der Waals surface area (Å²) in [7, 11) is 1.60. The van der Waals surface area contributed by atoms with E-state index in [4.69, 9.17) is 4.74 Å². The molecule has 2 heterocycles. The van der Waals surface area contributed by atoms with Crippen LogP contribution in [0.1, 0.15) is 29.2 Å². The molecule has 1 N–H and O–H groups in total. The van der Waals surface area contributed by atoms with Gasteiger partial charge in [0.1, 0.15) is 11.0 Å². The van der Waals surface area contributed by atoms with Gasteiger partial charge in [0.2, 0.25) is 11.0 Å². The molecule has 2 aromatic carbocycles. The van der Waals surface area contributed by atoms with Gasteiger partial charge in [-0.1, -0.05) is 59.5 Å². The van der Waals surface area contributed by atoms with E-state index in [1.165, 1.54) is 24.6 Å². The van der Waals surface area contributed by atoms with Gasteiger partial charge in [0, 0.05) is 13.1 Å². The lowest BCUT2D eigenvalue weighted by molar-refractivity contribution is -0.115. The van der Waals surface area contributed by atoms with Gasteiger partial charge in [-0.2, -0.15) is 0 Å². The lowest BCUT2D eigenvalue weighted by Crippen LogP contribution is -2.19. The third-order valence-electron chi connectivity index (χ3n) is 4.94. The number of rotatable bonds is 7. The number of anilines is 2. The number of methoxy groups -OCH3 is 1. The van der Waals surface area contributed by atoms with Crippen LogP contribution >= 0.6 is 23.1 Å². The maximum absolute atomic E-state index is 13.3. The molecular formula is C22H24N4O2S2.